The van der Waals surface area contributed by atoms with Gasteiger partial charge in [0.15, 0.2) is 0 Å². The molecule has 3 nitrogen and oxygen atoms in total. The first-order valence-corrected chi connectivity index (χ1v) is 8.65. The third kappa shape index (κ3) is 3.75. The first kappa shape index (κ1) is 16.5. The van der Waals surface area contributed by atoms with Gasteiger partial charge in [-0.3, -0.25) is 0 Å². The van der Waals surface area contributed by atoms with Gasteiger partial charge in [-0.05, 0) is 0 Å². The molecule has 1 heterocycles. The van der Waals surface area contributed by atoms with E-state index in [1.54, 1.807) is 30.5 Å². The summed E-state index contributed by atoms with van der Waals surface area (Å²) in [5, 5.41) is -0.810. The number of para-hydroxylation sites is 1. The van der Waals surface area contributed by atoms with Crippen molar-refractivity contribution in [3.8, 4) is 0 Å². The molecule has 0 saturated heterocycles. The minimum absolute atomic E-state index is 0.00296. The second-order valence-corrected chi connectivity index (χ2v) is 7.20. The van der Waals surface area contributed by atoms with Crippen molar-refractivity contribution in [1.29, 1.82) is 0 Å². The summed E-state index contributed by atoms with van der Waals surface area (Å²) < 4.78 is 38.1. The van der Waals surface area contributed by atoms with Crippen LogP contribution in [-0.4, -0.2) is 30.9 Å². The molecule has 0 saturated carbocycles. The molecule has 0 unspecified atom stereocenters. The Hall–Kier alpha value is -2.37. The second kappa shape index (κ2) is 6.63. The van der Waals surface area contributed by atoms with Gasteiger partial charge in [-0.15, -0.1) is 0 Å². The summed E-state index contributed by atoms with van der Waals surface area (Å²) in [5.74, 6) is -0.574. The number of aromatic nitrogens is 1. The Morgan fingerprint density at radius 3 is 2.54 bits per heavy atom. The van der Waals surface area contributed by atoms with Crippen LogP contribution >= 0.6 is 0 Å². The van der Waals surface area contributed by atoms with Crippen LogP contribution in [0.25, 0.3) is 10.9 Å². The Kier molecular flexibility index (Phi) is 4.55. The molecule has 3 rings (SSSR count). The topological polar surface area (TPSA) is 42.0 Å². The molecule has 0 fully saturated rings. The number of pyridine rings is 1. The fraction of sp³-hybridized carbons (Fsp3) is 0.0588. The zero-order valence-corrected chi connectivity index (χ0v) is 13.9. The number of hydrogen-bond donors (Lipinski definition) is 1. The Labute approximate surface area is 142 Å². The molecule has 0 bridgehead atoms. The summed E-state index contributed by atoms with van der Waals surface area (Å²) in [6, 6.07) is 14.7. The molecule has 2 aromatic carbocycles. The van der Waals surface area contributed by atoms with Crippen molar-refractivity contribution in [1.82, 2.24) is 4.98 Å². The summed E-state index contributed by atoms with van der Waals surface area (Å²) in [4.78, 5) is 16.7. The third-order valence-corrected chi connectivity index (χ3v) is 4.93. The number of fused-ring (bicyclic) bond motifs is 1. The van der Waals surface area contributed by atoms with Crippen LogP contribution in [0.4, 0.5) is 18.9 Å². The molecule has 0 aliphatic heterocycles. The van der Waals surface area contributed by atoms with E-state index in [9.17, 15) is 18.0 Å². The van der Waals surface area contributed by atoms with Crippen molar-refractivity contribution < 1.29 is 18.0 Å². The van der Waals surface area contributed by atoms with Gasteiger partial charge in [0.1, 0.15) is 0 Å². The molecule has 0 aliphatic rings. The molecule has 0 atom stereocenters. The average Bonchev–Trinajstić information content (AvgIpc) is 2.54. The van der Waals surface area contributed by atoms with E-state index in [1.807, 2.05) is 12.1 Å². The van der Waals surface area contributed by atoms with Crippen LogP contribution < -0.4 is 9.78 Å². The normalized spacial score (nSPS) is 11.5. The van der Waals surface area contributed by atoms with Crippen molar-refractivity contribution in [2.24, 2.45) is 0 Å². The van der Waals surface area contributed by atoms with Crippen molar-refractivity contribution in [3.05, 3.63) is 66.4 Å². The number of alkyl halides is 3. The Bertz CT molecular complexity index is 891. The fourth-order valence-corrected chi connectivity index (χ4v) is 3.66. The monoisotopic (exact) mass is 396 g/mol. The van der Waals surface area contributed by atoms with Gasteiger partial charge >= 0.3 is 142 Å². The molecular weight excluding hydrogens is 384 g/mol. The second-order valence-electron chi connectivity index (χ2n) is 4.88. The summed E-state index contributed by atoms with van der Waals surface area (Å²) in [7, 11) is 0. The number of nitrogens with zero attached hydrogens (tertiary/aromatic N) is 1. The van der Waals surface area contributed by atoms with E-state index in [1.165, 1.54) is 18.2 Å². The van der Waals surface area contributed by atoms with Gasteiger partial charge in [-0.2, -0.15) is 0 Å². The molecule has 7 heteroatoms. The van der Waals surface area contributed by atoms with Crippen LogP contribution in [0.2, 0.25) is 0 Å². The molecule has 3 aromatic rings. The average molecular weight is 395 g/mol. The van der Waals surface area contributed by atoms with Crippen LogP contribution in [-0.2, 0) is 0 Å². The molecule has 0 radical (unpaired) electrons. The van der Waals surface area contributed by atoms with Gasteiger partial charge in [0.05, 0.1) is 0 Å². The van der Waals surface area contributed by atoms with Crippen molar-refractivity contribution >= 4 is 41.9 Å². The number of hydrogen-bond acceptors (Lipinski definition) is 2. The number of anilines is 1. The van der Waals surface area contributed by atoms with Gasteiger partial charge in [-0.1, -0.05) is 0 Å². The predicted molar refractivity (Wildman–Crippen MR) is 87.6 cm³/mol. The molecule has 1 N–H and O–H groups in total. The molecule has 24 heavy (non-hydrogen) atoms. The summed E-state index contributed by atoms with van der Waals surface area (Å²) in [6.45, 7) is 0. The maximum atomic E-state index is 12.7. The van der Waals surface area contributed by atoms with E-state index in [0.717, 1.165) is 5.39 Å². The van der Waals surface area contributed by atoms with E-state index < -0.39 is 25.9 Å². The predicted octanol–water partition coefficient (Wildman–Crippen LogP) is 3.34. The maximum absolute atomic E-state index is 12.7. The van der Waals surface area contributed by atoms with Crippen LogP contribution in [0.3, 0.4) is 0 Å². The Morgan fingerprint density at radius 1 is 1.00 bits per heavy atom. The van der Waals surface area contributed by atoms with Crippen molar-refractivity contribution in [2.45, 2.75) is 5.07 Å². The zero-order valence-electron chi connectivity index (χ0n) is 12.2. The van der Waals surface area contributed by atoms with Crippen LogP contribution in [0.15, 0.2) is 60.8 Å². The van der Waals surface area contributed by atoms with E-state index in [0.29, 0.717) is 11.2 Å². The Balaban J connectivity index is 1.93. The molecule has 1 aromatic heterocycles. The SMILES string of the molecule is O=C(Nc1cccc2cccnc12)c1ccccc1[Se]C(F)(F)F. The van der Waals surface area contributed by atoms with Gasteiger partial charge in [0.25, 0.3) is 0 Å². The molecule has 0 spiro atoms. The van der Waals surface area contributed by atoms with Crippen LogP contribution in [0.1, 0.15) is 10.4 Å². The van der Waals surface area contributed by atoms with E-state index in [-0.39, 0.29) is 10.0 Å². The number of halogens is 3. The fourth-order valence-electron chi connectivity index (χ4n) is 2.26. The third-order valence-electron chi connectivity index (χ3n) is 3.24. The first-order valence-electron chi connectivity index (χ1n) is 6.94. The molecular formula is C17H11F3N2OSe. The number of carbonyl (C=O) groups excluding carboxylic acids is 1. The summed E-state index contributed by atoms with van der Waals surface area (Å²) in [5.41, 5.74) is 1.09. The van der Waals surface area contributed by atoms with Crippen LogP contribution in [0.5, 0.6) is 0 Å². The zero-order chi connectivity index (χ0) is 17.2. The number of benzene rings is 2. The van der Waals surface area contributed by atoms with E-state index >= 15 is 0 Å². The molecule has 1 amide bonds. The van der Waals surface area contributed by atoms with Gasteiger partial charge in [0, 0.05) is 0 Å². The standard InChI is InChI=1S/C17H11F3N2OSe/c18-17(19,20)24-14-9-2-1-7-12(14)16(23)22-13-8-3-5-11-6-4-10-21-15(11)13/h1-10H,(H,22,23). The Morgan fingerprint density at radius 2 is 1.75 bits per heavy atom. The summed E-state index contributed by atoms with van der Waals surface area (Å²) in [6.07, 6.45) is 1.60. The van der Waals surface area contributed by atoms with Crippen LogP contribution in [0, 0.1) is 0 Å². The number of amides is 1. The molecule has 0 aliphatic carbocycles. The first-order chi connectivity index (χ1) is 11.4. The van der Waals surface area contributed by atoms with Crippen molar-refractivity contribution in [3.63, 3.8) is 0 Å². The number of carbonyl (C=O) groups is 1. The minimum atomic E-state index is -4.32. The van der Waals surface area contributed by atoms with Gasteiger partial charge in [0.2, 0.25) is 0 Å². The van der Waals surface area contributed by atoms with E-state index in [4.69, 9.17) is 0 Å². The van der Waals surface area contributed by atoms with E-state index in [2.05, 4.69) is 10.3 Å². The van der Waals surface area contributed by atoms with Crippen molar-refractivity contribution in [2.75, 3.05) is 5.32 Å². The molecule has 122 valence electrons. The number of nitrogens with one attached hydrogen (secondary N) is 1. The summed E-state index contributed by atoms with van der Waals surface area (Å²) >= 11 is -1.78. The van der Waals surface area contributed by atoms with Gasteiger partial charge in [-0.25, -0.2) is 0 Å². The number of rotatable bonds is 3. The van der Waals surface area contributed by atoms with Gasteiger partial charge < -0.3 is 0 Å². The quantitative estimate of drug-likeness (QED) is 0.692.